The zero-order valence-corrected chi connectivity index (χ0v) is 18.0. The molecule has 3 heterocycles. The van der Waals surface area contributed by atoms with E-state index in [4.69, 9.17) is 4.42 Å². The lowest BCUT2D eigenvalue weighted by atomic mass is 10.1. The lowest BCUT2D eigenvalue weighted by Crippen LogP contribution is -2.14. The van der Waals surface area contributed by atoms with Gasteiger partial charge in [-0.05, 0) is 29.8 Å². The van der Waals surface area contributed by atoms with Crippen LogP contribution in [-0.4, -0.2) is 31.4 Å². The van der Waals surface area contributed by atoms with Gasteiger partial charge in [0.05, 0.1) is 12.0 Å². The molecule has 0 fully saturated rings. The zero-order valence-electron chi connectivity index (χ0n) is 16.3. The largest absolute Gasteiger partial charge is 0.461 e. The summed E-state index contributed by atoms with van der Waals surface area (Å²) in [7, 11) is 0. The second-order valence-electron chi connectivity index (χ2n) is 6.45. The molecule has 1 aromatic carbocycles. The van der Waals surface area contributed by atoms with Gasteiger partial charge in [-0.2, -0.15) is 0 Å². The summed E-state index contributed by atoms with van der Waals surface area (Å²) in [4.78, 5) is 17.6. The Kier molecular flexibility index (Phi) is 6.58. The van der Waals surface area contributed by atoms with E-state index in [1.54, 1.807) is 42.8 Å². The van der Waals surface area contributed by atoms with Crippen molar-refractivity contribution in [3.63, 3.8) is 0 Å². The number of carbonyl (C=O) groups excluding carboxylic acids is 1. The van der Waals surface area contributed by atoms with E-state index in [9.17, 15) is 9.18 Å². The van der Waals surface area contributed by atoms with Crippen molar-refractivity contribution in [1.82, 2.24) is 19.7 Å². The first-order chi connectivity index (χ1) is 15.1. The molecule has 0 spiro atoms. The van der Waals surface area contributed by atoms with Crippen molar-refractivity contribution in [2.24, 2.45) is 0 Å². The number of hydrogen-bond acceptors (Lipinski definition) is 7. The first-order valence-corrected chi connectivity index (χ1v) is 11.1. The minimum Gasteiger partial charge on any atom is -0.461 e. The van der Waals surface area contributed by atoms with Gasteiger partial charge in [0.15, 0.2) is 16.0 Å². The van der Waals surface area contributed by atoms with Crippen LogP contribution in [0.4, 0.5) is 9.52 Å². The number of rotatable bonds is 9. The molecule has 10 heteroatoms. The number of allylic oxidation sites excluding steroid dienone is 1. The van der Waals surface area contributed by atoms with Crippen molar-refractivity contribution in [2.45, 2.75) is 18.1 Å². The number of carbonyl (C=O) groups is 1. The molecule has 4 aromatic rings. The standard InChI is InChI=1S/C21H18FN5O2S2/c1-2-9-27-19(17-4-3-10-29-17)25-26-21(27)30-13-18(28)24-20-23-12-16(31-20)11-14-5-7-15(22)8-6-14/h2-8,10,12H,1,9,11,13H2,(H,23,24,28). The van der Waals surface area contributed by atoms with Crippen LogP contribution in [0.2, 0.25) is 0 Å². The molecule has 1 amide bonds. The van der Waals surface area contributed by atoms with Gasteiger partial charge in [0.1, 0.15) is 5.82 Å². The second-order valence-corrected chi connectivity index (χ2v) is 8.51. The highest BCUT2D eigenvalue weighted by Gasteiger charge is 2.17. The van der Waals surface area contributed by atoms with Gasteiger partial charge in [-0.3, -0.25) is 9.36 Å². The number of halogens is 1. The van der Waals surface area contributed by atoms with Crippen LogP contribution in [0.3, 0.4) is 0 Å². The molecule has 0 atom stereocenters. The number of benzene rings is 1. The highest BCUT2D eigenvalue weighted by atomic mass is 32.2. The van der Waals surface area contributed by atoms with Crippen molar-refractivity contribution >= 4 is 34.1 Å². The molecule has 0 saturated carbocycles. The third-order valence-electron chi connectivity index (χ3n) is 4.19. The van der Waals surface area contributed by atoms with Crippen LogP contribution in [0.25, 0.3) is 11.6 Å². The van der Waals surface area contributed by atoms with Gasteiger partial charge < -0.3 is 9.73 Å². The number of furan rings is 1. The summed E-state index contributed by atoms with van der Waals surface area (Å²) in [6.07, 6.45) is 5.65. The molecule has 0 saturated heterocycles. The Hall–Kier alpha value is -3.24. The third kappa shape index (κ3) is 5.28. The van der Waals surface area contributed by atoms with Crippen molar-refractivity contribution in [3.8, 4) is 11.6 Å². The van der Waals surface area contributed by atoms with Gasteiger partial charge in [0.25, 0.3) is 0 Å². The van der Waals surface area contributed by atoms with Crippen LogP contribution in [-0.2, 0) is 17.8 Å². The number of nitrogens with zero attached hydrogens (tertiary/aromatic N) is 4. The van der Waals surface area contributed by atoms with E-state index in [1.165, 1.54) is 35.2 Å². The predicted octanol–water partition coefficient (Wildman–Crippen LogP) is 4.64. The summed E-state index contributed by atoms with van der Waals surface area (Å²) in [6.45, 7) is 4.26. The molecule has 7 nitrogen and oxygen atoms in total. The Morgan fingerprint density at radius 3 is 2.87 bits per heavy atom. The molecule has 0 radical (unpaired) electrons. The van der Waals surface area contributed by atoms with Gasteiger partial charge >= 0.3 is 0 Å². The Labute approximate surface area is 186 Å². The van der Waals surface area contributed by atoms with Gasteiger partial charge in [-0.1, -0.05) is 30.0 Å². The molecular formula is C21H18FN5O2S2. The van der Waals surface area contributed by atoms with Crippen LogP contribution < -0.4 is 5.32 Å². The molecule has 31 heavy (non-hydrogen) atoms. The Morgan fingerprint density at radius 1 is 1.29 bits per heavy atom. The van der Waals surface area contributed by atoms with Gasteiger partial charge in [-0.25, -0.2) is 9.37 Å². The normalized spacial score (nSPS) is 10.9. The average molecular weight is 456 g/mol. The van der Waals surface area contributed by atoms with Crippen molar-refractivity contribution in [3.05, 3.63) is 77.8 Å². The van der Waals surface area contributed by atoms with Crippen LogP contribution in [0, 0.1) is 5.82 Å². The number of hydrogen-bond donors (Lipinski definition) is 1. The molecule has 0 aliphatic heterocycles. The topological polar surface area (TPSA) is 85.8 Å². The molecule has 158 valence electrons. The molecule has 3 aromatic heterocycles. The maximum absolute atomic E-state index is 13.0. The van der Waals surface area contributed by atoms with Crippen LogP contribution >= 0.6 is 23.1 Å². The van der Waals surface area contributed by atoms with Crippen LogP contribution in [0.15, 0.2) is 71.1 Å². The highest BCUT2D eigenvalue weighted by molar-refractivity contribution is 7.99. The zero-order chi connectivity index (χ0) is 21.6. The van der Waals surface area contributed by atoms with E-state index >= 15 is 0 Å². The van der Waals surface area contributed by atoms with E-state index in [1.807, 2.05) is 4.57 Å². The minimum atomic E-state index is -0.265. The maximum Gasteiger partial charge on any atom is 0.236 e. The number of thiazole rings is 1. The fourth-order valence-electron chi connectivity index (χ4n) is 2.81. The fraction of sp³-hybridized carbons (Fsp3) is 0.143. The van der Waals surface area contributed by atoms with Crippen LogP contribution in [0.5, 0.6) is 0 Å². The van der Waals surface area contributed by atoms with E-state index in [0.29, 0.717) is 34.8 Å². The summed E-state index contributed by atoms with van der Waals surface area (Å²) in [5, 5.41) is 12.3. The lowest BCUT2D eigenvalue weighted by molar-refractivity contribution is -0.113. The number of thioether (sulfide) groups is 1. The predicted molar refractivity (Wildman–Crippen MR) is 119 cm³/mol. The number of anilines is 1. The summed E-state index contributed by atoms with van der Waals surface area (Å²) >= 11 is 2.66. The van der Waals surface area contributed by atoms with Crippen molar-refractivity contribution < 1.29 is 13.6 Å². The van der Waals surface area contributed by atoms with Crippen LogP contribution in [0.1, 0.15) is 10.4 Å². The summed E-state index contributed by atoms with van der Waals surface area (Å²) in [5.41, 5.74) is 0.979. The maximum atomic E-state index is 13.0. The van der Waals surface area contributed by atoms with E-state index in [0.717, 1.165) is 10.4 Å². The Morgan fingerprint density at radius 2 is 2.13 bits per heavy atom. The van der Waals surface area contributed by atoms with Crippen molar-refractivity contribution in [1.29, 1.82) is 0 Å². The number of amides is 1. The van der Waals surface area contributed by atoms with Gasteiger partial charge in [0, 0.05) is 24.0 Å². The highest BCUT2D eigenvalue weighted by Crippen LogP contribution is 2.25. The first-order valence-electron chi connectivity index (χ1n) is 9.32. The third-order valence-corrected chi connectivity index (χ3v) is 6.07. The summed E-state index contributed by atoms with van der Waals surface area (Å²) < 4.78 is 20.3. The SMILES string of the molecule is C=CCn1c(SCC(=O)Nc2ncc(Cc3ccc(F)cc3)s2)nnc1-c1ccco1. The average Bonchev–Trinajstić information content (AvgIpc) is 3.50. The molecule has 1 N–H and O–H groups in total. The molecule has 0 bridgehead atoms. The smallest absolute Gasteiger partial charge is 0.236 e. The fourth-order valence-corrected chi connectivity index (χ4v) is 4.42. The number of aromatic nitrogens is 4. The molecular weight excluding hydrogens is 437 g/mol. The summed E-state index contributed by atoms with van der Waals surface area (Å²) in [6, 6.07) is 9.91. The monoisotopic (exact) mass is 455 g/mol. The lowest BCUT2D eigenvalue weighted by Gasteiger charge is -2.06. The molecule has 0 aliphatic carbocycles. The summed E-state index contributed by atoms with van der Waals surface area (Å²) in [5.74, 6) is 0.875. The van der Waals surface area contributed by atoms with E-state index in [-0.39, 0.29) is 17.5 Å². The second kappa shape index (κ2) is 9.71. The van der Waals surface area contributed by atoms with Gasteiger partial charge in [-0.15, -0.1) is 28.1 Å². The molecule has 0 aliphatic rings. The van der Waals surface area contributed by atoms with Crippen molar-refractivity contribution in [2.75, 3.05) is 11.1 Å². The van der Waals surface area contributed by atoms with Gasteiger partial charge in [0.2, 0.25) is 11.7 Å². The molecule has 4 rings (SSSR count). The quantitative estimate of drug-likeness (QED) is 0.292. The first kappa shape index (κ1) is 21.0. The molecule has 0 unspecified atom stereocenters. The Balaban J connectivity index is 1.35. The van der Waals surface area contributed by atoms with E-state index < -0.39 is 0 Å². The van der Waals surface area contributed by atoms with E-state index in [2.05, 4.69) is 27.1 Å². The number of nitrogens with one attached hydrogen (secondary N) is 1. The Bertz CT molecular complexity index is 1170. The minimum absolute atomic E-state index is 0.153.